The van der Waals surface area contributed by atoms with Crippen LogP contribution in [0, 0.1) is 0 Å². The van der Waals surface area contributed by atoms with Crippen molar-refractivity contribution in [3.05, 3.63) is 96.4 Å². The lowest BCUT2D eigenvalue weighted by Gasteiger charge is -2.38. The first-order valence-electron chi connectivity index (χ1n) is 13.5. The third kappa shape index (κ3) is 5.23. The predicted octanol–water partition coefficient (Wildman–Crippen LogP) is 4.47. The second-order valence-electron chi connectivity index (χ2n) is 9.93. The summed E-state index contributed by atoms with van der Waals surface area (Å²) in [6.45, 7) is -1.17. The van der Waals surface area contributed by atoms with Crippen LogP contribution in [0.25, 0.3) is 33.7 Å². The van der Waals surface area contributed by atoms with Crippen LogP contribution in [-0.2, 0) is 0 Å². The summed E-state index contributed by atoms with van der Waals surface area (Å²) in [7, 11) is 0. The molecule has 4 aromatic heterocycles. The molecule has 0 aliphatic carbocycles. The topological polar surface area (TPSA) is 132 Å². The standard InChI is InChI=1S/C29H23F2N9O3/c30-29(31)40-36-26(35-37-40)25(18-4-2-1-3-5-18)38-10-12-39(13-11-38)28(41)23-15-20(8-9-32-23)27-34-22-14-19(6-7-24(22)43-27)21-16-33-42-17-21/h1-9,14-17,25,29H,10-13H2/t25-/m0/s1. The lowest BCUT2D eigenvalue weighted by atomic mass is 10.0. The molecule has 43 heavy (non-hydrogen) atoms. The number of hydrogen-bond acceptors (Lipinski definition) is 10. The van der Waals surface area contributed by atoms with Crippen LogP contribution in [0.2, 0.25) is 0 Å². The molecule has 216 valence electrons. The van der Waals surface area contributed by atoms with Crippen molar-refractivity contribution in [1.82, 2.24) is 45.1 Å². The van der Waals surface area contributed by atoms with Gasteiger partial charge in [0.25, 0.3) is 5.91 Å². The molecule has 0 unspecified atom stereocenters. The number of halogens is 2. The summed E-state index contributed by atoms with van der Waals surface area (Å²) in [5, 5.41) is 15.1. The van der Waals surface area contributed by atoms with Gasteiger partial charge in [-0.2, -0.15) is 8.78 Å². The molecule has 1 aliphatic heterocycles. The number of oxazole rings is 1. The number of alkyl halides is 2. The molecule has 2 aromatic carbocycles. The summed E-state index contributed by atoms with van der Waals surface area (Å²) in [6, 6.07) is 17.9. The highest BCUT2D eigenvalue weighted by molar-refractivity contribution is 5.93. The highest BCUT2D eigenvalue weighted by Crippen LogP contribution is 2.30. The molecule has 0 N–H and O–H groups in total. The van der Waals surface area contributed by atoms with Crippen molar-refractivity contribution < 1.29 is 22.5 Å². The van der Waals surface area contributed by atoms with Crippen LogP contribution >= 0.6 is 0 Å². The molecule has 0 bridgehead atoms. The van der Waals surface area contributed by atoms with Crippen molar-refractivity contribution in [3.63, 3.8) is 0 Å². The number of fused-ring (bicyclic) bond motifs is 1. The number of hydrogen-bond donors (Lipinski definition) is 0. The molecule has 6 aromatic rings. The normalized spacial score (nSPS) is 14.9. The average molecular weight is 584 g/mol. The quantitative estimate of drug-likeness (QED) is 0.265. The van der Waals surface area contributed by atoms with Gasteiger partial charge in [-0.3, -0.25) is 14.7 Å². The minimum atomic E-state index is -2.89. The van der Waals surface area contributed by atoms with E-state index in [0.717, 1.165) is 16.7 Å². The molecule has 0 spiro atoms. The molecule has 0 radical (unpaired) electrons. The monoisotopic (exact) mass is 583 g/mol. The van der Waals surface area contributed by atoms with Gasteiger partial charge in [0, 0.05) is 43.5 Å². The molecule has 12 nitrogen and oxygen atoms in total. The van der Waals surface area contributed by atoms with E-state index in [1.807, 2.05) is 48.5 Å². The molecule has 0 saturated carbocycles. The molecule has 1 aliphatic rings. The van der Waals surface area contributed by atoms with E-state index in [4.69, 9.17) is 8.94 Å². The van der Waals surface area contributed by atoms with Gasteiger partial charge < -0.3 is 13.8 Å². The Bertz CT molecular complexity index is 1870. The fourth-order valence-electron chi connectivity index (χ4n) is 5.19. The van der Waals surface area contributed by atoms with Gasteiger partial charge in [-0.25, -0.2) is 4.98 Å². The summed E-state index contributed by atoms with van der Waals surface area (Å²) in [6.07, 6.45) is 4.73. The Balaban J connectivity index is 1.08. The number of benzene rings is 2. The van der Waals surface area contributed by atoms with Gasteiger partial charge in [0.1, 0.15) is 17.5 Å². The number of carbonyl (C=O) groups is 1. The predicted molar refractivity (Wildman–Crippen MR) is 148 cm³/mol. The molecule has 1 amide bonds. The van der Waals surface area contributed by atoms with Crippen molar-refractivity contribution in [1.29, 1.82) is 0 Å². The Hall–Kier alpha value is -5.37. The minimum absolute atomic E-state index is 0.174. The third-order valence-electron chi connectivity index (χ3n) is 7.32. The Morgan fingerprint density at radius 1 is 0.930 bits per heavy atom. The summed E-state index contributed by atoms with van der Waals surface area (Å²) in [5.74, 6) is 0.312. The molecule has 14 heteroatoms. The minimum Gasteiger partial charge on any atom is -0.436 e. The highest BCUT2D eigenvalue weighted by Gasteiger charge is 2.32. The van der Waals surface area contributed by atoms with Crippen LogP contribution in [0.1, 0.15) is 34.5 Å². The van der Waals surface area contributed by atoms with Crippen molar-refractivity contribution in [2.75, 3.05) is 26.2 Å². The number of pyridine rings is 1. The summed E-state index contributed by atoms with van der Waals surface area (Å²) < 4.78 is 37.2. The first-order chi connectivity index (χ1) is 21.0. The zero-order valence-corrected chi connectivity index (χ0v) is 22.5. The molecular formula is C29H23F2N9O3. The third-order valence-corrected chi connectivity index (χ3v) is 7.32. The zero-order valence-electron chi connectivity index (χ0n) is 22.5. The average Bonchev–Trinajstić information content (AvgIpc) is 3.83. The first-order valence-corrected chi connectivity index (χ1v) is 13.5. The fourth-order valence-corrected chi connectivity index (χ4v) is 5.19. The maximum absolute atomic E-state index is 13.5. The van der Waals surface area contributed by atoms with Gasteiger partial charge in [-0.05, 0) is 40.6 Å². The Morgan fingerprint density at radius 3 is 2.51 bits per heavy atom. The fraction of sp³-hybridized carbons (Fsp3) is 0.207. The lowest BCUT2D eigenvalue weighted by Crippen LogP contribution is -2.50. The number of rotatable bonds is 7. The van der Waals surface area contributed by atoms with Crippen LogP contribution in [0.5, 0.6) is 0 Å². The Morgan fingerprint density at radius 2 is 1.77 bits per heavy atom. The maximum atomic E-state index is 13.5. The largest absolute Gasteiger partial charge is 0.436 e. The van der Waals surface area contributed by atoms with Crippen molar-refractivity contribution >= 4 is 17.0 Å². The van der Waals surface area contributed by atoms with E-state index in [2.05, 4.69) is 35.4 Å². The molecule has 1 fully saturated rings. The van der Waals surface area contributed by atoms with E-state index in [1.165, 1.54) is 0 Å². The van der Waals surface area contributed by atoms with E-state index >= 15 is 0 Å². The van der Waals surface area contributed by atoms with Gasteiger partial charge in [0.05, 0.1) is 12.2 Å². The Labute approximate surface area is 242 Å². The van der Waals surface area contributed by atoms with E-state index in [-0.39, 0.29) is 17.4 Å². The van der Waals surface area contributed by atoms with E-state index < -0.39 is 12.6 Å². The van der Waals surface area contributed by atoms with Gasteiger partial charge in [0.15, 0.2) is 11.4 Å². The highest BCUT2D eigenvalue weighted by atomic mass is 19.3. The molecule has 1 saturated heterocycles. The van der Waals surface area contributed by atoms with Gasteiger partial charge in [0.2, 0.25) is 5.89 Å². The second-order valence-corrected chi connectivity index (χ2v) is 9.93. The van der Waals surface area contributed by atoms with E-state index in [0.29, 0.717) is 53.5 Å². The molecular weight excluding hydrogens is 560 g/mol. The number of amides is 1. The van der Waals surface area contributed by atoms with Crippen LogP contribution < -0.4 is 0 Å². The number of nitrogens with zero attached hydrogens (tertiary/aromatic N) is 9. The van der Waals surface area contributed by atoms with Gasteiger partial charge in [-0.1, -0.05) is 46.4 Å². The van der Waals surface area contributed by atoms with Crippen LogP contribution in [0.3, 0.4) is 0 Å². The summed E-state index contributed by atoms with van der Waals surface area (Å²) in [4.78, 5) is 26.5. The summed E-state index contributed by atoms with van der Waals surface area (Å²) >= 11 is 0. The van der Waals surface area contributed by atoms with Crippen molar-refractivity contribution in [2.24, 2.45) is 0 Å². The number of aromatic nitrogens is 7. The van der Waals surface area contributed by atoms with Crippen LogP contribution in [0.4, 0.5) is 8.78 Å². The Kier molecular flexibility index (Phi) is 6.87. The second kappa shape index (κ2) is 11.1. The zero-order chi connectivity index (χ0) is 29.3. The molecule has 1 atom stereocenters. The van der Waals surface area contributed by atoms with E-state index in [1.54, 1.807) is 35.7 Å². The summed E-state index contributed by atoms with van der Waals surface area (Å²) in [5.41, 5.74) is 4.71. The maximum Gasteiger partial charge on any atom is 0.350 e. The van der Waals surface area contributed by atoms with Crippen molar-refractivity contribution in [3.8, 4) is 22.6 Å². The van der Waals surface area contributed by atoms with Gasteiger partial charge in [-0.15, -0.1) is 10.2 Å². The number of tetrazole rings is 1. The molecule has 7 rings (SSSR count). The van der Waals surface area contributed by atoms with Crippen LogP contribution in [0.15, 0.2) is 88.3 Å². The number of piperazine rings is 1. The SMILES string of the molecule is O=C(c1cc(-c2nc3cc(-c4cnoc4)ccc3o2)ccn1)N1CCN([C@@H](c2ccccc2)c2nnn(C(F)F)n2)CC1. The first kappa shape index (κ1) is 26.5. The molecule has 5 heterocycles. The van der Waals surface area contributed by atoms with Gasteiger partial charge >= 0.3 is 6.55 Å². The number of carbonyl (C=O) groups excluding carboxylic acids is 1. The van der Waals surface area contributed by atoms with Crippen LogP contribution in [-0.4, -0.2) is 77.2 Å². The lowest BCUT2D eigenvalue weighted by molar-refractivity contribution is 0.0385. The smallest absolute Gasteiger partial charge is 0.350 e. The van der Waals surface area contributed by atoms with E-state index in [9.17, 15) is 13.6 Å². The van der Waals surface area contributed by atoms with Crippen molar-refractivity contribution in [2.45, 2.75) is 12.6 Å².